The summed E-state index contributed by atoms with van der Waals surface area (Å²) in [6.07, 6.45) is -1.48. The van der Waals surface area contributed by atoms with Crippen molar-refractivity contribution in [3.05, 3.63) is 65.1 Å². The van der Waals surface area contributed by atoms with Crippen molar-refractivity contribution in [2.45, 2.75) is 32.4 Å². The van der Waals surface area contributed by atoms with Crippen LogP contribution in [0.2, 0.25) is 0 Å². The highest BCUT2D eigenvalue weighted by molar-refractivity contribution is 5.80. The van der Waals surface area contributed by atoms with E-state index in [9.17, 15) is 18.0 Å². The lowest BCUT2D eigenvalue weighted by Gasteiger charge is -2.23. The Morgan fingerprint density at radius 3 is 2.85 bits per heavy atom. The van der Waals surface area contributed by atoms with Crippen LogP contribution in [0.3, 0.4) is 0 Å². The fourth-order valence-corrected chi connectivity index (χ4v) is 3.18. The van der Waals surface area contributed by atoms with Crippen molar-refractivity contribution in [2.75, 3.05) is 10.6 Å². The van der Waals surface area contributed by atoms with Crippen molar-refractivity contribution in [1.29, 1.82) is 0 Å². The average Bonchev–Trinajstić information content (AvgIpc) is 2.60. The van der Waals surface area contributed by atoms with Gasteiger partial charge in [-0.15, -0.1) is 0 Å². The highest BCUT2D eigenvalue weighted by atomic mass is 19.4. The van der Waals surface area contributed by atoms with Crippen LogP contribution in [-0.4, -0.2) is 17.1 Å². The molecule has 7 heteroatoms. The largest absolute Gasteiger partial charge is 0.393 e. The van der Waals surface area contributed by atoms with Gasteiger partial charge in [0.05, 0.1) is 6.42 Å². The van der Waals surface area contributed by atoms with Crippen LogP contribution in [0, 0.1) is 6.92 Å². The molecule has 0 radical (unpaired) electrons. The third-order valence-electron chi connectivity index (χ3n) is 4.38. The molecule has 1 aliphatic heterocycles. The van der Waals surface area contributed by atoms with Gasteiger partial charge in [-0.25, -0.2) is 4.79 Å². The Labute approximate surface area is 154 Å². The molecule has 3 rings (SSSR count). The van der Waals surface area contributed by atoms with E-state index in [2.05, 4.69) is 22.2 Å². The van der Waals surface area contributed by atoms with Crippen LogP contribution in [0.5, 0.6) is 0 Å². The number of nitrogens with zero attached hydrogens (tertiary/aromatic N) is 1. The molecule has 2 N–H and O–H groups in total. The van der Waals surface area contributed by atoms with E-state index in [4.69, 9.17) is 0 Å². The van der Waals surface area contributed by atoms with Gasteiger partial charge in [0.15, 0.2) is 0 Å². The van der Waals surface area contributed by atoms with Crippen LogP contribution >= 0.6 is 0 Å². The van der Waals surface area contributed by atoms with Gasteiger partial charge in [0, 0.05) is 41.4 Å². The molecule has 27 heavy (non-hydrogen) atoms. The number of benzene rings is 1. The number of hydrogen-bond acceptors (Lipinski definition) is 4. The molecule has 0 amide bonds. The number of anilines is 2. The zero-order chi connectivity index (χ0) is 19.6. The first-order valence-electron chi connectivity index (χ1n) is 8.37. The van der Waals surface area contributed by atoms with E-state index >= 15 is 0 Å². The first-order chi connectivity index (χ1) is 12.8. The minimum Gasteiger partial charge on any atom is -0.355 e. The van der Waals surface area contributed by atoms with Gasteiger partial charge in [-0.3, -0.25) is 4.98 Å². The quantitative estimate of drug-likeness (QED) is 0.766. The molecule has 0 saturated carbocycles. The number of nitrogens with one attached hydrogen (secondary N) is 2. The molecule has 1 aliphatic rings. The van der Waals surface area contributed by atoms with Crippen LogP contribution in [0.25, 0.3) is 5.70 Å². The van der Waals surface area contributed by atoms with E-state index in [0.29, 0.717) is 29.8 Å². The third-order valence-corrected chi connectivity index (χ3v) is 4.38. The number of allylic oxidation sites excluding steroid dienone is 1. The molecule has 1 aromatic carbocycles. The number of alkyl halides is 3. The Hall–Kier alpha value is -3.05. The summed E-state index contributed by atoms with van der Waals surface area (Å²) in [5, 5.41) is 6.17. The fraction of sp³-hybridized carbons (Fsp3) is 0.250. The molecule has 0 aliphatic carbocycles. The van der Waals surface area contributed by atoms with Crippen LogP contribution in [-0.2, 0) is 17.6 Å². The van der Waals surface area contributed by atoms with Crippen molar-refractivity contribution in [2.24, 2.45) is 0 Å². The van der Waals surface area contributed by atoms with Gasteiger partial charge >= 0.3 is 6.18 Å². The summed E-state index contributed by atoms with van der Waals surface area (Å²) in [6.45, 7) is 5.80. The topological polar surface area (TPSA) is 54.0 Å². The van der Waals surface area contributed by atoms with Crippen molar-refractivity contribution in [1.82, 2.24) is 4.98 Å². The molecule has 0 bridgehead atoms. The van der Waals surface area contributed by atoms with Gasteiger partial charge in [-0.2, -0.15) is 13.2 Å². The van der Waals surface area contributed by atoms with E-state index in [1.807, 2.05) is 25.0 Å². The zero-order valence-electron chi connectivity index (χ0n) is 14.7. The lowest BCUT2D eigenvalue weighted by atomic mass is 9.97. The van der Waals surface area contributed by atoms with Gasteiger partial charge in [0.25, 0.3) is 0 Å². The van der Waals surface area contributed by atoms with Gasteiger partial charge < -0.3 is 10.6 Å². The summed E-state index contributed by atoms with van der Waals surface area (Å²) >= 11 is 0. The van der Waals surface area contributed by atoms with Crippen molar-refractivity contribution < 1.29 is 18.0 Å². The summed E-state index contributed by atoms with van der Waals surface area (Å²) in [5.41, 5.74) is 4.87. The lowest BCUT2D eigenvalue weighted by Crippen LogP contribution is -2.14. The fourth-order valence-electron chi connectivity index (χ4n) is 3.18. The summed E-state index contributed by atoms with van der Waals surface area (Å²) in [7, 11) is 0. The van der Waals surface area contributed by atoms with E-state index in [1.165, 1.54) is 18.5 Å². The maximum absolute atomic E-state index is 12.8. The molecule has 2 heterocycles. The van der Waals surface area contributed by atoms with E-state index in [0.717, 1.165) is 22.5 Å². The first-order valence-corrected chi connectivity index (χ1v) is 8.37. The number of pyridine rings is 1. The van der Waals surface area contributed by atoms with E-state index < -0.39 is 12.6 Å². The molecule has 0 unspecified atom stereocenters. The second-order valence-corrected chi connectivity index (χ2v) is 6.46. The number of aromatic nitrogens is 1. The molecule has 2 aromatic rings. The van der Waals surface area contributed by atoms with Crippen LogP contribution in [0.1, 0.15) is 28.7 Å². The van der Waals surface area contributed by atoms with Crippen LogP contribution < -0.4 is 10.6 Å². The van der Waals surface area contributed by atoms with Gasteiger partial charge in [0.1, 0.15) is 11.6 Å². The number of carbonyl (C=O) groups excluding carboxylic acids is 1. The van der Waals surface area contributed by atoms with Gasteiger partial charge in [-0.05, 0) is 48.2 Å². The molecular weight excluding hydrogens is 355 g/mol. The Bertz CT molecular complexity index is 944. The summed E-state index contributed by atoms with van der Waals surface area (Å²) in [5.74, 6) is 1.89. The van der Waals surface area contributed by atoms with Crippen LogP contribution in [0.4, 0.5) is 24.5 Å². The Balaban J connectivity index is 1.86. The number of fused-ring (bicyclic) bond motifs is 1. The van der Waals surface area contributed by atoms with E-state index in [-0.39, 0.29) is 5.56 Å². The highest BCUT2D eigenvalue weighted by Crippen LogP contribution is 2.33. The molecule has 0 fully saturated rings. The molecular formula is C20H18F3N3O. The molecule has 1 aromatic heterocycles. The van der Waals surface area contributed by atoms with Crippen molar-refractivity contribution in [3.63, 3.8) is 0 Å². The Kier molecular flexibility index (Phi) is 5.06. The van der Waals surface area contributed by atoms with Gasteiger partial charge in [-0.1, -0.05) is 6.58 Å². The highest BCUT2D eigenvalue weighted by Gasteiger charge is 2.29. The van der Waals surface area contributed by atoms with Crippen LogP contribution in [0.15, 0.2) is 42.9 Å². The summed E-state index contributed by atoms with van der Waals surface area (Å²) in [6, 6.07) is 5.28. The second kappa shape index (κ2) is 7.29. The smallest absolute Gasteiger partial charge is 0.355 e. The summed E-state index contributed by atoms with van der Waals surface area (Å²) in [4.78, 5) is 14.6. The molecule has 0 spiro atoms. The molecule has 0 atom stereocenters. The number of aryl methyl sites for hydroxylation is 2. The standard InChI is InChI=1S/C20H18F3N3O/c1-12-7-17(8-14-3-4-16(11-27)26-19(12)14)25-13(2)18-5-6-24-10-15(18)9-20(21,22)23/h5-8,10,25-26H,2-4,9H2,1H3. The molecule has 0 saturated heterocycles. The monoisotopic (exact) mass is 373 g/mol. The predicted octanol–water partition coefficient (Wildman–Crippen LogP) is 4.65. The first kappa shape index (κ1) is 18.7. The number of rotatable bonds is 4. The zero-order valence-corrected chi connectivity index (χ0v) is 14.7. The summed E-state index contributed by atoms with van der Waals surface area (Å²) < 4.78 is 38.4. The Morgan fingerprint density at radius 1 is 1.37 bits per heavy atom. The number of halogens is 3. The van der Waals surface area contributed by atoms with E-state index in [1.54, 1.807) is 0 Å². The lowest BCUT2D eigenvalue weighted by molar-refractivity contribution is -0.127. The normalized spacial score (nSPS) is 13.4. The van der Waals surface area contributed by atoms with Gasteiger partial charge in [0.2, 0.25) is 0 Å². The third kappa shape index (κ3) is 4.38. The second-order valence-electron chi connectivity index (χ2n) is 6.46. The average molecular weight is 373 g/mol. The molecule has 140 valence electrons. The Morgan fingerprint density at radius 2 is 2.15 bits per heavy atom. The maximum atomic E-state index is 12.8. The predicted molar refractivity (Wildman–Crippen MR) is 99.0 cm³/mol. The SMILES string of the molecule is C=C(Nc1cc(C)c2c(c1)CCC(=C=O)N2)c1ccncc1CC(F)(F)F. The van der Waals surface area contributed by atoms with Crippen molar-refractivity contribution >= 4 is 23.0 Å². The molecule has 4 nitrogen and oxygen atoms in total. The number of hydrogen-bond donors (Lipinski definition) is 2. The van der Waals surface area contributed by atoms with Crippen molar-refractivity contribution in [3.8, 4) is 0 Å². The minimum atomic E-state index is -4.32. The minimum absolute atomic E-state index is 0.0691. The maximum Gasteiger partial charge on any atom is 0.393 e.